The topological polar surface area (TPSA) is 61.8 Å². The number of ketones is 1. The molecule has 1 heterocycles. The quantitative estimate of drug-likeness (QED) is 0.624. The van der Waals surface area contributed by atoms with Crippen LogP contribution in [-0.2, 0) is 9.53 Å². The molecule has 0 saturated carbocycles. The molecule has 24 heavy (non-hydrogen) atoms. The first-order valence-corrected chi connectivity index (χ1v) is 7.64. The van der Waals surface area contributed by atoms with E-state index < -0.39 is 12.1 Å². The van der Waals surface area contributed by atoms with Crippen LogP contribution in [0.4, 0.5) is 0 Å². The number of hydrogen-bond acceptors (Lipinski definition) is 5. The summed E-state index contributed by atoms with van der Waals surface area (Å²) < 4.78 is 15.6. The maximum Gasteiger partial charge on any atom is 0.347 e. The van der Waals surface area contributed by atoms with E-state index in [4.69, 9.17) is 14.2 Å². The highest BCUT2D eigenvalue weighted by Gasteiger charge is 2.41. The molecule has 2 aromatic rings. The van der Waals surface area contributed by atoms with E-state index in [0.717, 1.165) is 5.56 Å². The lowest BCUT2D eigenvalue weighted by atomic mass is 9.88. The van der Waals surface area contributed by atoms with Gasteiger partial charge in [-0.25, -0.2) is 4.79 Å². The van der Waals surface area contributed by atoms with Crippen LogP contribution in [-0.4, -0.2) is 32.1 Å². The Bertz CT molecular complexity index is 751. The molecular weight excluding hydrogens is 308 g/mol. The molecule has 0 radical (unpaired) electrons. The van der Waals surface area contributed by atoms with Crippen LogP contribution in [0.15, 0.2) is 48.5 Å². The number of ether oxygens (including phenoxy) is 3. The van der Waals surface area contributed by atoms with Gasteiger partial charge >= 0.3 is 5.97 Å². The molecule has 0 bridgehead atoms. The minimum Gasteiger partial charge on any atom is -0.497 e. The van der Waals surface area contributed by atoms with Gasteiger partial charge in [0.25, 0.3) is 0 Å². The zero-order chi connectivity index (χ0) is 17.1. The first kappa shape index (κ1) is 16.1. The standard InChI is InChI=1S/C19H18O5/c1-22-13-9-7-12(8-10-13)16(20)11-15-14-5-3-4-6-17(14)24-18(15)19(21)23-2/h3-10,15,18H,11H2,1-2H3/t15-,18-/m0/s1. The van der Waals surface area contributed by atoms with Crippen LogP contribution in [0.1, 0.15) is 28.3 Å². The van der Waals surface area contributed by atoms with Gasteiger partial charge in [-0.1, -0.05) is 18.2 Å². The molecule has 0 unspecified atom stereocenters. The molecule has 0 fully saturated rings. The summed E-state index contributed by atoms with van der Waals surface area (Å²) in [5.41, 5.74) is 1.43. The number of hydrogen-bond donors (Lipinski definition) is 0. The molecule has 2 atom stereocenters. The molecule has 124 valence electrons. The van der Waals surface area contributed by atoms with E-state index in [1.807, 2.05) is 18.2 Å². The summed E-state index contributed by atoms with van der Waals surface area (Å²) in [6, 6.07) is 14.3. The van der Waals surface area contributed by atoms with Gasteiger partial charge in [0, 0.05) is 23.5 Å². The van der Waals surface area contributed by atoms with Crippen molar-refractivity contribution in [1.29, 1.82) is 0 Å². The van der Waals surface area contributed by atoms with E-state index in [1.165, 1.54) is 7.11 Å². The highest BCUT2D eigenvalue weighted by molar-refractivity contribution is 5.97. The number of Topliss-reactive ketones (excluding diaryl/α,β-unsaturated/α-hetero) is 1. The van der Waals surface area contributed by atoms with Crippen LogP contribution in [0.2, 0.25) is 0 Å². The van der Waals surface area contributed by atoms with Crippen LogP contribution in [0.3, 0.4) is 0 Å². The number of benzene rings is 2. The first-order chi connectivity index (χ1) is 11.6. The molecule has 1 aliphatic heterocycles. The van der Waals surface area contributed by atoms with Crippen molar-refractivity contribution in [2.45, 2.75) is 18.4 Å². The van der Waals surface area contributed by atoms with Gasteiger partial charge in [0.15, 0.2) is 5.78 Å². The number of carbonyl (C=O) groups is 2. The maximum atomic E-state index is 12.6. The van der Waals surface area contributed by atoms with Crippen LogP contribution in [0.25, 0.3) is 0 Å². The Morgan fingerprint density at radius 1 is 1.04 bits per heavy atom. The predicted molar refractivity (Wildman–Crippen MR) is 87.6 cm³/mol. The van der Waals surface area contributed by atoms with Crippen molar-refractivity contribution in [1.82, 2.24) is 0 Å². The van der Waals surface area contributed by atoms with E-state index in [0.29, 0.717) is 17.1 Å². The lowest BCUT2D eigenvalue weighted by Crippen LogP contribution is -2.31. The van der Waals surface area contributed by atoms with Gasteiger partial charge in [0.2, 0.25) is 6.10 Å². The van der Waals surface area contributed by atoms with Crippen molar-refractivity contribution in [3.05, 3.63) is 59.7 Å². The highest BCUT2D eigenvalue weighted by atomic mass is 16.6. The number of fused-ring (bicyclic) bond motifs is 1. The second kappa shape index (κ2) is 6.74. The maximum absolute atomic E-state index is 12.6. The number of para-hydroxylation sites is 1. The third kappa shape index (κ3) is 2.97. The van der Waals surface area contributed by atoms with Gasteiger partial charge in [-0.2, -0.15) is 0 Å². The number of esters is 1. The largest absolute Gasteiger partial charge is 0.497 e. The average Bonchev–Trinajstić information content (AvgIpc) is 2.99. The summed E-state index contributed by atoms with van der Waals surface area (Å²) >= 11 is 0. The number of carbonyl (C=O) groups excluding carboxylic acids is 2. The fourth-order valence-corrected chi connectivity index (χ4v) is 2.92. The summed E-state index contributed by atoms with van der Waals surface area (Å²) in [7, 11) is 2.89. The molecule has 0 aromatic heterocycles. The van der Waals surface area contributed by atoms with E-state index in [9.17, 15) is 9.59 Å². The van der Waals surface area contributed by atoms with Gasteiger partial charge in [0.05, 0.1) is 14.2 Å². The smallest absolute Gasteiger partial charge is 0.347 e. The molecule has 0 saturated heterocycles. The third-order valence-electron chi connectivity index (χ3n) is 4.19. The Balaban J connectivity index is 1.84. The van der Waals surface area contributed by atoms with Crippen molar-refractivity contribution < 1.29 is 23.8 Å². The van der Waals surface area contributed by atoms with Gasteiger partial charge in [-0.3, -0.25) is 4.79 Å². The summed E-state index contributed by atoms with van der Waals surface area (Å²) in [4.78, 5) is 24.6. The highest BCUT2D eigenvalue weighted by Crippen LogP contribution is 2.41. The lowest BCUT2D eigenvalue weighted by Gasteiger charge is -2.16. The van der Waals surface area contributed by atoms with Crippen LogP contribution >= 0.6 is 0 Å². The van der Waals surface area contributed by atoms with Crippen molar-refractivity contribution in [2.24, 2.45) is 0 Å². The number of rotatable bonds is 5. The van der Waals surface area contributed by atoms with Crippen molar-refractivity contribution in [2.75, 3.05) is 14.2 Å². The van der Waals surface area contributed by atoms with E-state index in [1.54, 1.807) is 37.4 Å². The van der Waals surface area contributed by atoms with Crippen molar-refractivity contribution in [3.8, 4) is 11.5 Å². The van der Waals surface area contributed by atoms with Gasteiger partial charge in [-0.15, -0.1) is 0 Å². The van der Waals surface area contributed by atoms with Gasteiger partial charge in [0.1, 0.15) is 11.5 Å². The minimum atomic E-state index is -0.797. The molecule has 5 nitrogen and oxygen atoms in total. The molecule has 1 aliphatic rings. The van der Waals surface area contributed by atoms with E-state index in [2.05, 4.69) is 0 Å². The third-order valence-corrected chi connectivity index (χ3v) is 4.19. The Kier molecular flexibility index (Phi) is 4.51. The van der Waals surface area contributed by atoms with Gasteiger partial charge < -0.3 is 14.2 Å². The van der Waals surface area contributed by atoms with Crippen molar-refractivity contribution >= 4 is 11.8 Å². The molecule has 0 aliphatic carbocycles. The summed E-state index contributed by atoms with van der Waals surface area (Å²) in [5.74, 6) is 0.424. The molecule has 0 N–H and O–H groups in total. The second-order valence-corrected chi connectivity index (χ2v) is 5.56. The monoisotopic (exact) mass is 326 g/mol. The molecule has 0 amide bonds. The van der Waals surface area contributed by atoms with Gasteiger partial charge in [-0.05, 0) is 30.3 Å². The Labute approximate surface area is 140 Å². The Hall–Kier alpha value is -2.82. The summed E-state index contributed by atoms with van der Waals surface area (Å²) in [5, 5.41) is 0. The predicted octanol–water partition coefficient (Wildman–Crippen LogP) is 2.99. The Morgan fingerprint density at radius 3 is 2.42 bits per heavy atom. The summed E-state index contributed by atoms with van der Waals surface area (Å²) in [6.45, 7) is 0. The fraction of sp³-hybridized carbons (Fsp3) is 0.263. The normalized spacial score (nSPS) is 18.4. The molecule has 3 rings (SSSR count). The van der Waals surface area contributed by atoms with Crippen molar-refractivity contribution in [3.63, 3.8) is 0 Å². The van der Waals surface area contributed by atoms with Crippen LogP contribution < -0.4 is 9.47 Å². The van der Waals surface area contributed by atoms with E-state index in [-0.39, 0.29) is 18.1 Å². The molecule has 2 aromatic carbocycles. The molecule has 5 heteroatoms. The van der Waals surface area contributed by atoms with E-state index >= 15 is 0 Å². The number of methoxy groups -OCH3 is 2. The average molecular weight is 326 g/mol. The zero-order valence-electron chi connectivity index (χ0n) is 13.5. The minimum absolute atomic E-state index is 0.0585. The lowest BCUT2D eigenvalue weighted by molar-refractivity contribution is -0.148. The second-order valence-electron chi connectivity index (χ2n) is 5.56. The van der Waals surface area contributed by atoms with Crippen LogP contribution in [0.5, 0.6) is 11.5 Å². The SMILES string of the molecule is COC(=O)[C@H]1Oc2ccccc2[C@@H]1CC(=O)c1ccc(OC)cc1. The Morgan fingerprint density at radius 2 is 1.75 bits per heavy atom. The zero-order valence-corrected chi connectivity index (χ0v) is 13.5. The first-order valence-electron chi connectivity index (χ1n) is 7.64. The summed E-state index contributed by atoms with van der Waals surface area (Å²) in [6.07, 6.45) is -0.627. The fourth-order valence-electron chi connectivity index (χ4n) is 2.92. The molecular formula is C19H18O5. The van der Waals surface area contributed by atoms with Crippen LogP contribution in [0, 0.1) is 0 Å². The molecule has 0 spiro atoms.